The van der Waals surface area contributed by atoms with E-state index in [1.54, 1.807) is 0 Å². The summed E-state index contributed by atoms with van der Waals surface area (Å²) in [4.78, 5) is 30.0. The van der Waals surface area contributed by atoms with E-state index >= 15 is 0 Å². The largest absolute Gasteiger partial charge is 0.337 e. The zero-order valence-electron chi connectivity index (χ0n) is 16.2. The van der Waals surface area contributed by atoms with Crippen molar-refractivity contribution in [2.45, 2.75) is 38.0 Å². The number of aromatic amines is 1. The molecule has 1 amide bonds. The number of imidazole rings is 1. The molecule has 6 nitrogen and oxygen atoms in total. The number of aromatic nitrogens is 4. The smallest absolute Gasteiger partial charge is 0.230 e. The summed E-state index contributed by atoms with van der Waals surface area (Å²) in [5.74, 6) is 1.09. The van der Waals surface area contributed by atoms with Crippen LogP contribution in [0.1, 0.15) is 43.0 Å². The molecule has 0 aliphatic heterocycles. The highest BCUT2D eigenvalue weighted by atomic mass is 32.1. The molecule has 0 unspecified atom stereocenters. The maximum Gasteiger partial charge on any atom is 0.230 e. The Morgan fingerprint density at radius 1 is 1.23 bits per heavy atom. The Bertz CT molecular complexity index is 1200. The highest BCUT2D eigenvalue weighted by molar-refractivity contribution is 7.13. The van der Waals surface area contributed by atoms with Crippen LogP contribution in [0.25, 0.3) is 21.6 Å². The first-order valence-electron chi connectivity index (χ1n) is 9.99. The van der Waals surface area contributed by atoms with E-state index in [1.807, 2.05) is 23.6 Å². The van der Waals surface area contributed by atoms with Gasteiger partial charge in [0.05, 0.1) is 6.42 Å². The highest BCUT2D eigenvalue weighted by Gasteiger charge is 2.22. The number of halogens is 1. The fourth-order valence-electron chi connectivity index (χ4n) is 4.03. The SMILES string of the molecule is O=C(Cc1cc(F)cc(-c2cccs2)c1)Nc1ncnc2nc(C3CCCC3)[nH]c12. The Kier molecular flexibility index (Phi) is 5.00. The van der Waals surface area contributed by atoms with E-state index in [4.69, 9.17) is 0 Å². The lowest BCUT2D eigenvalue weighted by molar-refractivity contribution is -0.115. The van der Waals surface area contributed by atoms with Crippen LogP contribution in [0.5, 0.6) is 0 Å². The Morgan fingerprint density at radius 3 is 2.90 bits per heavy atom. The number of hydrogen-bond acceptors (Lipinski definition) is 5. The Hall–Kier alpha value is -3.13. The third kappa shape index (κ3) is 3.82. The highest BCUT2D eigenvalue weighted by Crippen LogP contribution is 2.34. The minimum absolute atomic E-state index is 0.0469. The predicted molar refractivity (Wildman–Crippen MR) is 115 cm³/mol. The molecule has 3 aromatic heterocycles. The molecular weight excluding hydrogens is 401 g/mol. The summed E-state index contributed by atoms with van der Waals surface area (Å²) in [5.41, 5.74) is 2.56. The van der Waals surface area contributed by atoms with Crippen molar-refractivity contribution in [3.8, 4) is 10.4 Å². The molecule has 8 heteroatoms. The van der Waals surface area contributed by atoms with Gasteiger partial charge in [-0.05, 0) is 53.6 Å². The zero-order chi connectivity index (χ0) is 20.5. The first-order valence-corrected chi connectivity index (χ1v) is 10.9. The van der Waals surface area contributed by atoms with E-state index in [0.29, 0.717) is 28.5 Å². The van der Waals surface area contributed by atoms with Gasteiger partial charge in [-0.1, -0.05) is 18.9 Å². The summed E-state index contributed by atoms with van der Waals surface area (Å²) in [6, 6.07) is 8.57. The summed E-state index contributed by atoms with van der Waals surface area (Å²) >= 11 is 1.53. The van der Waals surface area contributed by atoms with Gasteiger partial charge < -0.3 is 10.3 Å². The number of carbonyl (C=O) groups excluding carboxylic acids is 1. The number of H-pyrrole nitrogens is 1. The van der Waals surface area contributed by atoms with Crippen molar-refractivity contribution in [1.29, 1.82) is 0 Å². The van der Waals surface area contributed by atoms with Gasteiger partial charge in [0.25, 0.3) is 0 Å². The van der Waals surface area contributed by atoms with Crippen molar-refractivity contribution in [1.82, 2.24) is 19.9 Å². The molecular formula is C22H20FN5OS. The number of nitrogens with one attached hydrogen (secondary N) is 2. The van der Waals surface area contributed by atoms with Crippen molar-refractivity contribution >= 4 is 34.2 Å². The van der Waals surface area contributed by atoms with Gasteiger partial charge in [-0.3, -0.25) is 4.79 Å². The molecule has 0 atom stereocenters. The fourth-order valence-corrected chi connectivity index (χ4v) is 4.75. The van der Waals surface area contributed by atoms with E-state index in [1.165, 1.54) is 42.6 Å². The van der Waals surface area contributed by atoms with Gasteiger partial charge in [0.2, 0.25) is 5.91 Å². The van der Waals surface area contributed by atoms with Gasteiger partial charge in [0, 0.05) is 10.8 Å². The quantitative estimate of drug-likeness (QED) is 0.472. The Labute approximate surface area is 176 Å². The van der Waals surface area contributed by atoms with Crippen LogP contribution in [-0.4, -0.2) is 25.8 Å². The number of hydrogen-bond donors (Lipinski definition) is 2. The Balaban J connectivity index is 1.36. The lowest BCUT2D eigenvalue weighted by Crippen LogP contribution is -2.16. The summed E-state index contributed by atoms with van der Waals surface area (Å²) < 4.78 is 14.1. The molecule has 1 aliphatic carbocycles. The molecule has 0 spiro atoms. The minimum atomic E-state index is -0.358. The molecule has 3 heterocycles. The predicted octanol–water partition coefficient (Wildman–Crippen LogP) is 5.06. The van der Waals surface area contributed by atoms with Crippen molar-refractivity contribution in [3.63, 3.8) is 0 Å². The van der Waals surface area contributed by atoms with E-state index in [0.717, 1.165) is 29.1 Å². The van der Waals surface area contributed by atoms with Gasteiger partial charge in [0.15, 0.2) is 11.5 Å². The summed E-state index contributed by atoms with van der Waals surface area (Å²) in [7, 11) is 0. The second-order valence-corrected chi connectivity index (χ2v) is 8.52. The summed E-state index contributed by atoms with van der Waals surface area (Å²) in [6.45, 7) is 0. The monoisotopic (exact) mass is 421 g/mol. The second-order valence-electron chi connectivity index (χ2n) is 7.57. The van der Waals surface area contributed by atoms with Crippen LogP contribution in [0.3, 0.4) is 0 Å². The fraction of sp³-hybridized carbons (Fsp3) is 0.273. The molecule has 0 radical (unpaired) electrons. The zero-order valence-corrected chi connectivity index (χ0v) is 17.0. The van der Waals surface area contributed by atoms with Gasteiger partial charge >= 0.3 is 0 Å². The summed E-state index contributed by atoms with van der Waals surface area (Å²) in [6.07, 6.45) is 6.08. The van der Waals surface area contributed by atoms with Crippen molar-refractivity contribution in [2.75, 3.05) is 5.32 Å². The first-order chi connectivity index (χ1) is 14.7. The topological polar surface area (TPSA) is 83.6 Å². The van der Waals surface area contributed by atoms with Crippen LogP contribution in [0.2, 0.25) is 0 Å². The van der Waals surface area contributed by atoms with Crippen LogP contribution >= 0.6 is 11.3 Å². The molecule has 1 fully saturated rings. The molecule has 152 valence electrons. The summed E-state index contributed by atoms with van der Waals surface area (Å²) in [5, 5.41) is 4.77. The van der Waals surface area contributed by atoms with E-state index in [-0.39, 0.29) is 18.1 Å². The number of fused-ring (bicyclic) bond motifs is 1. The van der Waals surface area contributed by atoms with E-state index in [2.05, 4.69) is 25.3 Å². The van der Waals surface area contributed by atoms with Crippen LogP contribution < -0.4 is 5.32 Å². The molecule has 2 N–H and O–H groups in total. The van der Waals surface area contributed by atoms with Crippen molar-refractivity contribution in [3.05, 3.63) is 59.2 Å². The number of thiophene rings is 1. The van der Waals surface area contributed by atoms with E-state index in [9.17, 15) is 9.18 Å². The van der Waals surface area contributed by atoms with Crippen LogP contribution in [0, 0.1) is 5.82 Å². The standard InChI is InChI=1S/C22H20FN5OS/c23-16-9-13(8-15(11-16)17-6-3-7-30-17)10-18(29)26-21-19-22(25-12-24-21)28-20(27-19)14-4-1-2-5-14/h3,6-9,11-12,14H,1-2,4-5,10H2,(H2,24,25,26,27,28,29). The molecule has 5 rings (SSSR count). The van der Waals surface area contributed by atoms with Crippen molar-refractivity contribution < 1.29 is 9.18 Å². The van der Waals surface area contributed by atoms with Gasteiger partial charge in [0.1, 0.15) is 23.5 Å². The van der Waals surface area contributed by atoms with Gasteiger partial charge in [-0.15, -0.1) is 11.3 Å². The van der Waals surface area contributed by atoms with Crippen LogP contribution in [0.15, 0.2) is 42.0 Å². The minimum Gasteiger partial charge on any atom is -0.337 e. The van der Waals surface area contributed by atoms with Gasteiger partial charge in [-0.25, -0.2) is 19.3 Å². The number of rotatable bonds is 5. The first kappa shape index (κ1) is 18.9. The molecule has 30 heavy (non-hydrogen) atoms. The maximum absolute atomic E-state index is 14.1. The van der Waals surface area contributed by atoms with Crippen LogP contribution in [0.4, 0.5) is 10.2 Å². The third-order valence-electron chi connectivity index (χ3n) is 5.43. The average molecular weight is 422 g/mol. The molecule has 1 aromatic carbocycles. The normalized spacial score (nSPS) is 14.4. The average Bonchev–Trinajstić information content (AvgIpc) is 3.47. The van der Waals surface area contributed by atoms with Gasteiger partial charge in [-0.2, -0.15) is 0 Å². The number of benzene rings is 1. The lowest BCUT2D eigenvalue weighted by atomic mass is 10.1. The molecule has 1 saturated carbocycles. The number of nitrogens with zero attached hydrogens (tertiary/aromatic N) is 3. The van der Waals surface area contributed by atoms with Crippen molar-refractivity contribution in [2.24, 2.45) is 0 Å². The third-order valence-corrected chi connectivity index (χ3v) is 6.35. The van der Waals surface area contributed by atoms with Crippen LogP contribution in [-0.2, 0) is 11.2 Å². The molecule has 0 bridgehead atoms. The maximum atomic E-state index is 14.1. The second kappa shape index (κ2) is 7.95. The molecule has 1 aliphatic rings. The lowest BCUT2D eigenvalue weighted by Gasteiger charge is -2.07. The van der Waals surface area contributed by atoms with E-state index < -0.39 is 0 Å². The molecule has 0 saturated heterocycles. The molecule has 4 aromatic rings. The number of amides is 1. The number of carbonyl (C=O) groups is 1. The Morgan fingerprint density at radius 2 is 2.10 bits per heavy atom. The number of anilines is 1.